The van der Waals surface area contributed by atoms with E-state index in [1.165, 1.54) is 13.3 Å². The maximum Gasteiger partial charge on any atom is 0.360 e. The fraction of sp³-hybridized carbons (Fsp3) is 0.0909. The van der Waals surface area contributed by atoms with Crippen molar-refractivity contribution >= 4 is 44.3 Å². The van der Waals surface area contributed by atoms with E-state index in [-0.39, 0.29) is 11.4 Å². The summed E-state index contributed by atoms with van der Waals surface area (Å²) in [6.45, 7) is 0. The number of hydrogen-bond donors (Lipinski definition) is 1. The number of carbonyl (C=O) groups excluding carboxylic acids is 1. The number of fused-ring (bicyclic) bond motifs is 1. The number of benzene rings is 1. The van der Waals surface area contributed by atoms with Crippen molar-refractivity contribution in [2.75, 3.05) is 7.11 Å². The van der Waals surface area contributed by atoms with Gasteiger partial charge in [0.1, 0.15) is 0 Å². The molecule has 0 spiro atoms. The fourth-order valence-corrected chi connectivity index (χ4v) is 2.39. The van der Waals surface area contributed by atoms with Gasteiger partial charge in [0, 0.05) is 26.5 Å². The van der Waals surface area contributed by atoms with Crippen molar-refractivity contribution in [1.29, 1.82) is 0 Å². The van der Waals surface area contributed by atoms with E-state index in [4.69, 9.17) is 11.6 Å². The first-order chi connectivity index (χ1) is 8.04. The van der Waals surface area contributed by atoms with Gasteiger partial charge in [0.25, 0.3) is 0 Å². The first-order valence-corrected chi connectivity index (χ1v) is 5.76. The molecule has 0 saturated heterocycles. The molecule has 2 aromatic rings. The molecule has 0 aliphatic carbocycles. The summed E-state index contributed by atoms with van der Waals surface area (Å²) in [5.74, 6) is -0.932. The minimum Gasteiger partial charge on any atom is -0.505 e. The molecule has 0 aliphatic rings. The number of pyridine rings is 1. The number of methoxy groups -OCH3 is 1. The molecule has 1 heterocycles. The summed E-state index contributed by atoms with van der Waals surface area (Å²) in [5, 5.41) is 11.5. The predicted molar refractivity (Wildman–Crippen MR) is 67.5 cm³/mol. The Balaban J connectivity index is 2.79. The third-order valence-corrected chi connectivity index (χ3v) is 3.15. The molecular weight excluding hydrogens is 309 g/mol. The average molecular weight is 317 g/mol. The van der Waals surface area contributed by atoms with Crippen LogP contribution in [0.4, 0.5) is 0 Å². The van der Waals surface area contributed by atoms with Crippen molar-refractivity contribution < 1.29 is 14.6 Å². The number of hydrogen-bond acceptors (Lipinski definition) is 4. The van der Waals surface area contributed by atoms with Gasteiger partial charge in [0.05, 0.1) is 7.11 Å². The predicted octanol–water partition coefficient (Wildman–Crippen LogP) is 3.14. The molecule has 0 saturated carbocycles. The van der Waals surface area contributed by atoms with Gasteiger partial charge >= 0.3 is 5.97 Å². The van der Waals surface area contributed by atoms with E-state index in [9.17, 15) is 9.90 Å². The van der Waals surface area contributed by atoms with Gasteiger partial charge in [-0.3, -0.25) is 0 Å². The first kappa shape index (κ1) is 12.1. The largest absolute Gasteiger partial charge is 0.505 e. The van der Waals surface area contributed by atoms with Crippen LogP contribution < -0.4 is 0 Å². The van der Waals surface area contributed by atoms with Gasteiger partial charge in [0.15, 0.2) is 11.4 Å². The van der Waals surface area contributed by atoms with E-state index in [2.05, 4.69) is 25.7 Å². The summed E-state index contributed by atoms with van der Waals surface area (Å²) in [4.78, 5) is 15.2. The number of aromatic nitrogens is 1. The molecular formula is C11H7BrClNO3. The molecule has 17 heavy (non-hydrogen) atoms. The molecule has 0 aliphatic heterocycles. The number of carbonyl (C=O) groups is 1. The normalized spacial score (nSPS) is 10.5. The standard InChI is InChI=1S/C11H7BrClNO3/c1-17-11(16)9-10(15)6-2-5(13)3-8(12)7(6)4-14-9/h2-4,15H,1H3. The SMILES string of the molecule is COC(=O)c1ncc2c(Br)cc(Cl)cc2c1O. The van der Waals surface area contributed by atoms with Crippen molar-refractivity contribution in [2.24, 2.45) is 0 Å². The highest BCUT2D eigenvalue weighted by Gasteiger charge is 2.17. The van der Waals surface area contributed by atoms with E-state index < -0.39 is 5.97 Å². The van der Waals surface area contributed by atoms with Gasteiger partial charge in [-0.2, -0.15) is 0 Å². The minimum absolute atomic E-state index is 0.130. The van der Waals surface area contributed by atoms with Gasteiger partial charge in [-0.05, 0) is 12.1 Å². The van der Waals surface area contributed by atoms with Gasteiger partial charge in [-0.1, -0.05) is 27.5 Å². The Labute approximate surface area is 110 Å². The second-order valence-electron chi connectivity index (χ2n) is 3.30. The quantitative estimate of drug-likeness (QED) is 0.821. The number of aromatic hydroxyl groups is 1. The number of esters is 1. The van der Waals surface area contributed by atoms with Gasteiger partial charge < -0.3 is 9.84 Å². The second-order valence-corrected chi connectivity index (χ2v) is 4.59. The molecule has 0 fully saturated rings. The number of ether oxygens (including phenoxy) is 1. The summed E-state index contributed by atoms with van der Waals surface area (Å²) in [6.07, 6.45) is 1.47. The molecule has 0 amide bonds. The Morgan fingerprint density at radius 1 is 1.47 bits per heavy atom. The summed E-state index contributed by atoms with van der Waals surface area (Å²) >= 11 is 9.19. The van der Waals surface area contributed by atoms with E-state index >= 15 is 0 Å². The molecule has 0 unspecified atom stereocenters. The van der Waals surface area contributed by atoms with Crippen molar-refractivity contribution in [2.45, 2.75) is 0 Å². The highest BCUT2D eigenvalue weighted by Crippen LogP contribution is 2.34. The monoisotopic (exact) mass is 315 g/mol. The third-order valence-electron chi connectivity index (χ3n) is 2.28. The first-order valence-electron chi connectivity index (χ1n) is 4.59. The molecule has 0 radical (unpaired) electrons. The molecule has 1 aromatic carbocycles. The van der Waals surface area contributed by atoms with Crippen LogP contribution in [0.15, 0.2) is 22.8 Å². The number of rotatable bonds is 1. The Bertz CT molecular complexity index is 615. The lowest BCUT2D eigenvalue weighted by atomic mass is 10.1. The second kappa shape index (κ2) is 4.50. The van der Waals surface area contributed by atoms with Gasteiger partial charge in [0.2, 0.25) is 0 Å². The van der Waals surface area contributed by atoms with Crippen molar-refractivity contribution in [3.05, 3.63) is 33.5 Å². The zero-order chi connectivity index (χ0) is 12.6. The van der Waals surface area contributed by atoms with Crippen LogP contribution in [0.5, 0.6) is 5.75 Å². The smallest absolute Gasteiger partial charge is 0.360 e. The minimum atomic E-state index is -0.694. The highest BCUT2D eigenvalue weighted by atomic mass is 79.9. The summed E-state index contributed by atoms with van der Waals surface area (Å²) in [7, 11) is 1.22. The molecule has 1 aromatic heterocycles. The third kappa shape index (κ3) is 2.08. The lowest BCUT2D eigenvalue weighted by molar-refractivity contribution is 0.0591. The van der Waals surface area contributed by atoms with Crippen LogP contribution in [0.1, 0.15) is 10.5 Å². The fourth-order valence-electron chi connectivity index (χ4n) is 1.48. The van der Waals surface area contributed by atoms with Crippen molar-refractivity contribution in [1.82, 2.24) is 4.98 Å². The lowest BCUT2D eigenvalue weighted by Crippen LogP contribution is -2.04. The molecule has 4 nitrogen and oxygen atoms in total. The highest BCUT2D eigenvalue weighted by molar-refractivity contribution is 9.10. The Morgan fingerprint density at radius 3 is 2.82 bits per heavy atom. The van der Waals surface area contributed by atoms with Crippen molar-refractivity contribution in [3.8, 4) is 5.75 Å². The zero-order valence-corrected chi connectivity index (χ0v) is 11.0. The van der Waals surface area contributed by atoms with Crippen LogP contribution in [0.3, 0.4) is 0 Å². The summed E-state index contributed by atoms with van der Waals surface area (Å²) < 4.78 is 5.21. The lowest BCUT2D eigenvalue weighted by Gasteiger charge is -2.07. The van der Waals surface area contributed by atoms with Crippen LogP contribution in [0, 0.1) is 0 Å². The molecule has 2 rings (SSSR count). The summed E-state index contributed by atoms with van der Waals surface area (Å²) in [6, 6.07) is 3.24. The van der Waals surface area contributed by atoms with Crippen LogP contribution in [0.2, 0.25) is 5.02 Å². The van der Waals surface area contributed by atoms with Crippen LogP contribution in [-0.2, 0) is 4.74 Å². The molecule has 0 bridgehead atoms. The number of nitrogens with zero attached hydrogens (tertiary/aromatic N) is 1. The van der Waals surface area contributed by atoms with Gasteiger partial charge in [-0.25, -0.2) is 9.78 Å². The molecule has 1 N–H and O–H groups in total. The Morgan fingerprint density at radius 2 is 2.18 bits per heavy atom. The molecule has 88 valence electrons. The van der Waals surface area contributed by atoms with Crippen LogP contribution in [-0.4, -0.2) is 23.2 Å². The van der Waals surface area contributed by atoms with Crippen LogP contribution >= 0.6 is 27.5 Å². The summed E-state index contributed by atoms with van der Waals surface area (Å²) in [5.41, 5.74) is -0.130. The van der Waals surface area contributed by atoms with Crippen LogP contribution in [0.25, 0.3) is 10.8 Å². The zero-order valence-electron chi connectivity index (χ0n) is 8.70. The maximum absolute atomic E-state index is 11.4. The van der Waals surface area contributed by atoms with E-state index in [1.54, 1.807) is 12.1 Å². The average Bonchev–Trinajstić information content (AvgIpc) is 2.29. The van der Waals surface area contributed by atoms with E-state index in [1.807, 2.05) is 0 Å². The van der Waals surface area contributed by atoms with E-state index in [0.717, 1.165) is 0 Å². The number of halogens is 2. The molecule has 6 heteroatoms. The molecule has 0 atom stereocenters. The van der Waals surface area contributed by atoms with E-state index in [0.29, 0.717) is 20.3 Å². The Hall–Kier alpha value is -1.33. The van der Waals surface area contributed by atoms with Crippen molar-refractivity contribution in [3.63, 3.8) is 0 Å². The Kier molecular flexibility index (Phi) is 3.22. The topological polar surface area (TPSA) is 59.4 Å². The maximum atomic E-state index is 11.4. The van der Waals surface area contributed by atoms with Gasteiger partial charge in [-0.15, -0.1) is 0 Å².